The van der Waals surface area contributed by atoms with E-state index in [1.54, 1.807) is 12.1 Å². The van der Waals surface area contributed by atoms with E-state index in [1.165, 1.54) is 12.1 Å². The molecule has 0 spiro atoms. The molecule has 0 fully saturated rings. The van der Waals surface area contributed by atoms with E-state index in [0.29, 0.717) is 0 Å². The van der Waals surface area contributed by atoms with Gasteiger partial charge < -0.3 is 0 Å². The average molecular weight is 206 g/mol. The highest BCUT2D eigenvalue weighted by atomic mass is 19.3. The normalized spacial score (nSPS) is 11.7. The van der Waals surface area contributed by atoms with E-state index in [0.717, 1.165) is 5.56 Å². The van der Waals surface area contributed by atoms with Crippen molar-refractivity contribution in [1.82, 2.24) is 0 Å². The van der Waals surface area contributed by atoms with Gasteiger partial charge in [-0.05, 0) is 0 Å². The average Bonchev–Trinajstić information content (AvgIpc) is 2.15. The summed E-state index contributed by atoms with van der Waals surface area (Å²) >= 11 is 0. The third-order valence-corrected chi connectivity index (χ3v) is 2.23. The molecule has 1 rings (SSSR count). The molecule has 0 atom stereocenters. The number of carbonyl (C=O) groups excluding carboxylic acids is 1. The topological polar surface area (TPSA) is 17.1 Å². The Morgan fingerprint density at radius 2 is 1.60 bits per heavy atom. The molecule has 0 heterocycles. The summed E-state index contributed by atoms with van der Waals surface area (Å²) in [5, 5.41) is -0.0353. The molecule has 1 aromatic rings. The second-order valence-corrected chi connectivity index (χ2v) is 4.49. The van der Waals surface area contributed by atoms with Crippen LogP contribution in [0.2, 0.25) is 0 Å². The molecule has 1 nitrogen and oxygen atoms in total. The van der Waals surface area contributed by atoms with Crippen molar-refractivity contribution in [1.29, 1.82) is 0 Å². The summed E-state index contributed by atoms with van der Waals surface area (Å²) in [4.78, 5) is 11.0. The van der Waals surface area contributed by atoms with Crippen molar-refractivity contribution in [2.45, 2.75) is 11.5 Å². The van der Waals surface area contributed by atoms with E-state index in [-0.39, 0.29) is 10.7 Å². The van der Waals surface area contributed by atoms with Crippen LogP contribution in [0.1, 0.15) is 15.9 Å². The molecule has 15 heavy (non-hydrogen) atoms. The maximum absolute atomic E-state index is 12.1. The number of rotatable bonds is 3. The Hall–Kier alpha value is -1.06. The van der Waals surface area contributed by atoms with Crippen LogP contribution in [0.4, 0.5) is 8.78 Å². The predicted octanol–water partition coefficient (Wildman–Crippen LogP) is -0.856. The van der Waals surface area contributed by atoms with Crippen LogP contribution in [-0.4, -0.2) is 35.7 Å². The van der Waals surface area contributed by atoms with E-state index in [2.05, 4.69) is 0 Å². The molecule has 6 heteroatoms. The highest BCUT2D eigenvalue weighted by Crippen LogP contribution is 2.15. The highest BCUT2D eigenvalue weighted by Gasteiger charge is 2.19. The Kier molecular flexibility index (Phi) is 3.37. The molecule has 1 aromatic carbocycles. The van der Waals surface area contributed by atoms with Gasteiger partial charge in [-0.15, -0.1) is 0 Å². The van der Waals surface area contributed by atoms with Crippen molar-refractivity contribution in [3.8, 4) is 0 Å². The number of benzene rings is 1. The Balaban J connectivity index is 2.96. The summed E-state index contributed by atoms with van der Waals surface area (Å²) in [7, 11) is 6.07. The molecule has 0 saturated heterocycles. The van der Waals surface area contributed by atoms with Crippen LogP contribution in [0.3, 0.4) is 0 Å². The fourth-order valence-corrected chi connectivity index (χ4v) is 1.26. The van der Waals surface area contributed by atoms with Crippen molar-refractivity contribution in [3.05, 3.63) is 35.4 Å². The van der Waals surface area contributed by atoms with Gasteiger partial charge in [-0.25, -0.2) is 8.78 Å². The molecule has 0 aromatic heterocycles. The van der Waals surface area contributed by atoms with E-state index >= 15 is 0 Å². The van der Waals surface area contributed by atoms with Crippen molar-refractivity contribution >= 4 is 29.3 Å². The lowest BCUT2D eigenvalue weighted by molar-refractivity contribution is 0.0679. The van der Waals surface area contributed by atoms with Gasteiger partial charge in [-0.1, -0.05) is 34.9 Å². The van der Waals surface area contributed by atoms with Gasteiger partial charge in [0.15, 0.2) is 0 Å². The minimum Gasteiger partial charge on any atom is -0.288 e. The number of hydrogen-bond acceptors (Lipinski definition) is 1. The lowest BCUT2D eigenvalue weighted by Crippen LogP contribution is -2.26. The van der Waals surface area contributed by atoms with Crippen molar-refractivity contribution in [3.63, 3.8) is 0 Å². The highest BCUT2D eigenvalue weighted by molar-refractivity contribution is 6.58. The summed E-state index contributed by atoms with van der Waals surface area (Å²) in [5.41, 5.74) is 1.09. The lowest BCUT2D eigenvalue weighted by Gasteiger charge is -2.18. The predicted molar refractivity (Wildman–Crippen MR) is 64.1 cm³/mol. The van der Waals surface area contributed by atoms with Crippen molar-refractivity contribution in [2.24, 2.45) is 0 Å². The summed E-state index contributed by atoms with van der Waals surface area (Å²) in [6, 6.07) is 6.34. The fourth-order valence-electron chi connectivity index (χ4n) is 1.26. The van der Waals surface area contributed by atoms with Gasteiger partial charge in [0, 0.05) is 5.56 Å². The molecule has 0 bridgehead atoms. The number of alkyl halides is 2. The Morgan fingerprint density at radius 1 is 1.13 bits per heavy atom. The van der Waals surface area contributed by atoms with Crippen LogP contribution >= 0.6 is 0 Å². The second kappa shape index (κ2) is 4.21. The van der Waals surface area contributed by atoms with Crippen molar-refractivity contribution in [2.75, 3.05) is 0 Å². The smallest absolute Gasteiger partial charge is 0.288 e. The summed E-state index contributed by atoms with van der Waals surface area (Å²) in [5.74, 6) is -1.12. The first-order valence-electron chi connectivity index (χ1n) is 4.75. The zero-order valence-electron chi connectivity index (χ0n) is 9.05. The molecule has 0 saturated carbocycles. The molecular formula is C9H11B3F2O. The van der Waals surface area contributed by atoms with Gasteiger partial charge in [-0.3, -0.25) is 4.79 Å². The van der Waals surface area contributed by atoms with Crippen LogP contribution in [0.25, 0.3) is 0 Å². The molecule has 0 aliphatic heterocycles. The standard InChI is InChI=1S/C9H11B3F2O/c10-9(11,12)6-3-1-5(2-4-6)7(15)8(13)14/h1-4,8H,10-12H2. The molecule has 0 unspecified atom stereocenters. The monoisotopic (exact) mass is 206 g/mol. The largest absolute Gasteiger partial charge is 0.300 e. The van der Waals surface area contributed by atoms with E-state index in [9.17, 15) is 13.6 Å². The van der Waals surface area contributed by atoms with Crippen molar-refractivity contribution < 1.29 is 13.6 Å². The molecule has 0 radical (unpaired) electrons. The third-order valence-electron chi connectivity index (χ3n) is 2.23. The molecule has 0 N–H and O–H groups in total. The van der Waals surface area contributed by atoms with E-state index in [4.69, 9.17) is 0 Å². The second-order valence-electron chi connectivity index (χ2n) is 4.49. The summed E-state index contributed by atoms with van der Waals surface area (Å²) in [6.45, 7) is 0. The molecule has 0 aliphatic rings. The van der Waals surface area contributed by atoms with Crippen LogP contribution < -0.4 is 0 Å². The fraction of sp³-hybridized carbons (Fsp3) is 0.222. The molecule has 76 valence electrons. The maximum atomic E-state index is 12.1. The molecular weight excluding hydrogens is 195 g/mol. The Morgan fingerprint density at radius 3 is 1.93 bits per heavy atom. The van der Waals surface area contributed by atoms with Gasteiger partial charge in [0.05, 0.1) is 23.5 Å². The Bertz CT molecular complexity index is 357. The Labute approximate surface area is 90.5 Å². The number of halogens is 2. The zero-order valence-corrected chi connectivity index (χ0v) is 9.05. The van der Waals surface area contributed by atoms with E-state index < -0.39 is 12.2 Å². The van der Waals surface area contributed by atoms with Crippen LogP contribution in [-0.2, 0) is 5.11 Å². The minimum atomic E-state index is -2.93. The summed E-state index contributed by atoms with van der Waals surface area (Å²) < 4.78 is 24.2. The third kappa shape index (κ3) is 2.95. The number of Topliss-reactive ketones (excluding diaryl/α,β-unsaturated/α-hetero) is 1. The van der Waals surface area contributed by atoms with Crippen LogP contribution in [0.15, 0.2) is 24.3 Å². The lowest BCUT2D eigenvalue weighted by atomic mass is 9.40. The van der Waals surface area contributed by atoms with Gasteiger partial charge >= 0.3 is 6.43 Å². The van der Waals surface area contributed by atoms with Gasteiger partial charge in [-0.2, -0.15) is 0 Å². The van der Waals surface area contributed by atoms with Crippen LogP contribution in [0.5, 0.6) is 0 Å². The first-order chi connectivity index (χ1) is 6.82. The number of carbonyl (C=O) groups is 1. The maximum Gasteiger partial charge on any atom is 0.300 e. The SMILES string of the molecule is BC(B)(B)c1ccc(C(=O)C(F)F)cc1. The van der Waals surface area contributed by atoms with Gasteiger partial charge in [0.25, 0.3) is 0 Å². The molecule has 0 aliphatic carbocycles. The van der Waals surface area contributed by atoms with Gasteiger partial charge in [0.2, 0.25) is 5.78 Å². The van der Waals surface area contributed by atoms with E-state index in [1.807, 2.05) is 23.5 Å². The quantitative estimate of drug-likeness (QED) is 0.464. The first kappa shape index (κ1) is 12.0. The first-order valence-corrected chi connectivity index (χ1v) is 4.75. The van der Waals surface area contributed by atoms with Crippen LogP contribution in [0, 0.1) is 0 Å². The zero-order chi connectivity index (χ0) is 11.6. The number of hydrogen-bond donors (Lipinski definition) is 0. The number of ketones is 1. The van der Waals surface area contributed by atoms with Gasteiger partial charge in [0.1, 0.15) is 0 Å². The molecule has 0 amide bonds. The minimum absolute atomic E-state index is 0.0353. The summed E-state index contributed by atoms with van der Waals surface area (Å²) in [6.07, 6.45) is -2.93.